The van der Waals surface area contributed by atoms with Crippen LogP contribution in [0.3, 0.4) is 0 Å². The zero-order chi connectivity index (χ0) is 26.4. The maximum atomic E-state index is 14.2. The third kappa shape index (κ3) is 4.42. The van der Waals surface area contributed by atoms with Crippen molar-refractivity contribution in [3.05, 3.63) is 96.9 Å². The van der Waals surface area contributed by atoms with Crippen LogP contribution in [0.5, 0.6) is 0 Å². The van der Waals surface area contributed by atoms with Gasteiger partial charge in [-0.2, -0.15) is 5.10 Å². The van der Waals surface area contributed by atoms with Crippen LogP contribution < -0.4 is 11.2 Å². The lowest BCUT2D eigenvalue weighted by molar-refractivity contribution is 0.506. The van der Waals surface area contributed by atoms with E-state index in [0.717, 1.165) is 16.2 Å². The number of aryl methyl sites for hydroxylation is 1. The van der Waals surface area contributed by atoms with Gasteiger partial charge in [-0.25, -0.2) is 18.6 Å². The number of hydrogen-bond donors (Lipinski definition) is 0. The minimum atomic E-state index is -1.18. The SMILES string of the molecule is CC(C)=Cc1cc2c(c(=O)n(Cc3ncn(C)n3)c(=O)n2Cc2cc(F)c(F)c(Cl)c2)c2nccnc12. The van der Waals surface area contributed by atoms with Crippen molar-refractivity contribution in [3.63, 3.8) is 0 Å². The predicted molar refractivity (Wildman–Crippen MR) is 135 cm³/mol. The number of benzene rings is 2. The molecule has 0 atom stereocenters. The number of nitrogens with zero attached hydrogens (tertiary/aromatic N) is 7. The van der Waals surface area contributed by atoms with E-state index in [-0.39, 0.29) is 35.4 Å². The van der Waals surface area contributed by atoms with E-state index in [1.165, 1.54) is 34.0 Å². The van der Waals surface area contributed by atoms with E-state index in [4.69, 9.17) is 11.6 Å². The first-order valence-electron chi connectivity index (χ1n) is 11.2. The average molecular weight is 524 g/mol. The molecule has 0 radical (unpaired) electrons. The summed E-state index contributed by atoms with van der Waals surface area (Å²) in [6.07, 6.45) is 6.30. The summed E-state index contributed by atoms with van der Waals surface area (Å²) in [4.78, 5) is 40.5. The Labute approximate surface area is 213 Å². The van der Waals surface area contributed by atoms with Crippen molar-refractivity contribution in [3.8, 4) is 0 Å². The van der Waals surface area contributed by atoms with Crippen LogP contribution in [0.25, 0.3) is 28.0 Å². The lowest BCUT2D eigenvalue weighted by Gasteiger charge is -2.16. The largest absolute Gasteiger partial charge is 0.332 e. The van der Waals surface area contributed by atoms with Gasteiger partial charge in [0.15, 0.2) is 17.5 Å². The topological polar surface area (TPSA) is 100 Å². The summed E-state index contributed by atoms with van der Waals surface area (Å²) in [6, 6.07) is 3.88. The molecule has 9 nitrogen and oxygen atoms in total. The first-order chi connectivity index (χ1) is 17.6. The highest BCUT2D eigenvalue weighted by Gasteiger charge is 2.21. The van der Waals surface area contributed by atoms with Crippen molar-refractivity contribution < 1.29 is 8.78 Å². The Bertz CT molecular complexity index is 1830. The van der Waals surface area contributed by atoms with E-state index >= 15 is 0 Å². The summed E-state index contributed by atoms with van der Waals surface area (Å²) in [6.45, 7) is 3.41. The Kier molecular flexibility index (Phi) is 6.16. The van der Waals surface area contributed by atoms with Gasteiger partial charge in [-0.3, -0.25) is 28.6 Å². The molecular formula is C25H20ClF2N7O2. The third-order valence-corrected chi connectivity index (χ3v) is 6.02. The Morgan fingerprint density at radius 1 is 1.00 bits per heavy atom. The highest BCUT2D eigenvalue weighted by atomic mass is 35.5. The zero-order valence-electron chi connectivity index (χ0n) is 20.0. The van der Waals surface area contributed by atoms with E-state index in [1.807, 2.05) is 19.9 Å². The normalized spacial score (nSPS) is 11.4. The van der Waals surface area contributed by atoms with Gasteiger partial charge in [0, 0.05) is 25.0 Å². The molecule has 0 unspecified atom stereocenters. The van der Waals surface area contributed by atoms with Crippen LogP contribution in [0.4, 0.5) is 8.78 Å². The maximum Gasteiger partial charge on any atom is 0.332 e. The fourth-order valence-corrected chi connectivity index (χ4v) is 4.46. The minimum Gasteiger partial charge on any atom is -0.289 e. The number of aromatic nitrogens is 7. The van der Waals surface area contributed by atoms with Crippen LogP contribution in [-0.2, 0) is 20.1 Å². The molecule has 5 aromatic rings. The molecule has 0 spiro atoms. The van der Waals surface area contributed by atoms with Crippen LogP contribution >= 0.6 is 11.6 Å². The van der Waals surface area contributed by atoms with E-state index in [1.54, 1.807) is 13.1 Å². The van der Waals surface area contributed by atoms with Gasteiger partial charge in [-0.1, -0.05) is 23.3 Å². The van der Waals surface area contributed by atoms with Crippen LogP contribution in [0.2, 0.25) is 5.02 Å². The van der Waals surface area contributed by atoms with E-state index in [9.17, 15) is 18.4 Å². The minimum absolute atomic E-state index is 0.151. The molecule has 188 valence electrons. The molecule has 0 saturated carbocycles. The Hall–Kier alpha value is -4.25. The molecule has 0 amide bonds. The fraction of sp³-hybridized carbons (Fsp3) is 0.200. The van der Waals surface area contributed by atoms with Crippen molar-refractivity contribution in [2.45, 2.75) is 26.9 Å². The first kappa shape index (κ1) is 24.4. The summed E-state index contributed by atoms with van der Waals surface area (Å²) in [5, 5.41) is 3.91. The summed E-state index contributed by atoms with van der Waals surface area (Å²) in [5.41, 5.74) is 1.61. The summed E-state index contributed by atoms with van der Waals surface area (Å²) in [7, 11) is 1.67. The molecule has 2 aromatic carbocycles. The predicted octanol–water partition coefficient (Wildman–Crippen LogP) is 3.69. The second-order valence-electron chi connectivity index (χ2n) is 8.80. The molecule has 0 aliphatic carbocycles. The van der Waals surface area contributed by atoms with Gasteiger partial charge in [0.25, 0.3) is 5.56 Å². The van der Waals surface area contributed by atoms with Crippen molar-refractivity contribution >= 4 is 39.6 Å². The molecule has 0 aliphatic rings. The highest BCUT2D eigenvalue weighted by molar-refractivity contribution is 6.30. The van der Waals surface area contributed by atoms with E-state index in [0.29, 0.717) is 16.6 Å². The van der Waals surface area contributed by atoms with Gasteiger partial charge in [0.2, 0.25) is 0 Å². The van der Waals surface area contributed by atoms with E-state index < -0.39 is 27.9 Å². The smallest absolute Gasteiger partial charge is 0.289 e. The van der Waals surface area contributed by atoms with Gasteiger partial charge >= 0.3 is 5.69 Å². The number of hydrogen-bond acceptors (Lipinski definition) is 6. The summed E-state index contributed by atoms with van der Waals surface area (Å²) >= 11 is 5.87. The fourth-order valence-electron chi connectivity index (χ4n) is 4.23. The third-order valence-electron chi connectivity index (χ3n) is 5.74. The number of halogens is 3. The maximum absolute atomic E-state index is 14.2. The molecule has 12 heteroatoms. The Morgan fingerprint density at radius 2 is 1.73 bits per heavy atom. The van der Waals surface area contributed by atoms with Gasteiger partial charge < -0.3 is 0 Å². The molecule has 37 heavy (non-hydrogen) atoms. The second-order valence-corrected chi connectivity index (χ2v) is 9.21. The Morgan fingerprint density at radius 3 is 2.38 bits per heavy atom. The van der Waals surface area contributed by atoms with Crippen molar-refractivity contribution in [2.24, 2.45) is 7.05 Å². The molecule has 0 fully saturated rings. The molecule has 5 rings (SSSR count). The molecule has 0 aliphatic heterocycles. The van der Waals surface area contributed by atoms with Gasteiger partial charge in [-0.05, 0) is 37.6 Å². The van der Waals surface area contributed by atoms with Gasteiger partial charge in [0.1, 0.15) is 11.8 Å². The lowest BCUT2D eigenvalue weighted by Crippen LogP contribution is -2.41. The zero-order valence-corrected chi connectivity index (χ0v) is 20.8. The summed E-state index contributed by atoms with van der Waals surface area (Å²) in [5.74, 6) is -2.08. The van der Waals surface area contributed by atoms with Crippen LogP contribution in [-0.4, -0.2) is 33.9 Å². The molecular weight excluding hydrogens is 504 g/mol. The van der Waals surface area contributed by atoms with Gasteiger partial charge in [-0.15, -0.1) is 0 Å². The quantitative estimate of drug-likeness (QED) is 0.257. The van der Waals surface area contributed by atoms with Gasteiger partial charge in [0.05, 0.1) is 34.5 Å². The number of allylic oxidation sites excluding steroid dienone is 1. The van der Waals surface area contributed by atoms with Crippen molar-refractivity contribution in [2.75, 3.05) is 0 Å². The molecule has 0 saturated heterocycles. The summed E-state index contributed by atoms with van der Waals surface area (Å²) < 4.78 is 31.7. The van der Waals surface area contributed by atoms with Crippen LogP contribution in [0.15, 0.2) is 52.1 Å². The number of rotatable bonds is 5. The monoisotopic (exact) mass is 523 g/mol. The highest BCUT2D eigenvalue weighted by Crippen LogP contribution is 2.26. The lowest BCUT2D eigenvalue weighted by atomic mass is 10.1. The van der Waals surface area contributed by atoms with Crippen molar-refractivity contribution in [1.29, 1.82) is 0 Å². The number of fused-ring (bicyclic) bond motifs is 3. The molecule has 3 aromatic heterocycles. The standard InChI is InChI=1S/C25H20ClF2N7O2/c1-13(2)6-15-9-18-20(23-22(15)29-4-5-30-23)24(36)35(11-19-31-12-33(3)32-19)25(37)34(18)10-14-7-16(26)21(28)17(27)8-14/h4-9,12H,10-11H2,1-3H3. The first-order valence-corrected chi connectivity index (χ1v) is 11.6. The molecule has 0 N–H and O–H groups in total. The van der Waals surface area contributed by atoms with Crippen LogP contribution in [0.1, 0.15) is 30.8 Å². The molecule has 3 heterocycles. The van der Waals surface area contributed by atoms with Crippen LogP contribution in [0, 0.1) is 11.6 Å². The second kappa shape index (κ2) is 9.32. The van der Waals surface area contributed by atoms with E-state index in [2.05, 4.69) is 20.1 Å². The molecule has 0 bridgehead atoms. The average Bonchev–Trinajstić information content (AvgIpc) is 3.27. The Balaban J connectivity index is 1.88. The van der Waals surface area contributed by atoms with Crippen molar-refractivity contribution in [1.82, 2.24) is 33.9 Å².